The predicted octanol–water partition coefficient (Wildman–Crippen LogP) is -2.29. The Kier molecular flexibility index (Phi) is 21.1. The maximum Gasteiger partial charge on any atom is 0.397 e. The topological polar surface area (TPSA) is 436 Å². The Bertz CT molecular complexity index is 2460. The summed E-state index contributed by atoms with van der Waals surface area (Å²) in [5.41, 5.74) is -1.27. The highest BCUT2D eigenvalue weighted by Crippen LogP contribution is 2.67. The lowest BCUT2D eigenvalue weighted by molar-refractivity contribution is -0.407. The van der Waals surface area contributed by atoms with E-state index < -0.39 is 205 Å². The molecule has 5 aliphatic heterocycles. The summed E-state index contributed by atoms with van der Waals surface area (Å²) in [6.45, 7) is 14.6. The van der Waals surface area contributed by atoms with Gasteiger partial charge in [0.2, 0.25) is 0 Å². The van der Waals surface area contributed by atoms with Crippen molar-refractivity contribution in [2.45, 2.75) is 291 Å². The van der Waals surface area contributed by atoms with Gasteiger partial charge < -0.3 is 114 Å². The lowest BCUT2D eigenvalue weighted by Gasteiger charge is -2.60. The van der Waals surface area contributed by atoms with E-state index in [-0.39, 0.29) is 48.7 Å². The van der Waals surface area contributed by atoms with Gasteiger partial charge in [-0.05, 0) is 120 Å². The SMILES string of the molecule is CC(C)CC(=O)CC(C)(O)C1CCC2C3CC(OC4OC(C)C(O)C(OC5OC(C)C(OC6OC(CO)C(O)C(O)C6OC6OC(C)C(O)C(O)C6O)C(O)C5OC5OC(C)C(O)C(O)C5O)C4O)C4CC(OS(=O)(=O)O)CCC4(C)C3=CCC21C. The van der Waals surface area contributed by atoms with Crippen molar-refractivity contribution >= 4 is 16.2 Å². The molecule has 0 amide bonds. The smallest absolute Gasteiger partial charge is 0.394 e. The van der Waals surface area contributed by atoms with Crippen LogP contribution in [-0.4, -0.2) is 263 Å². The highest BCUT2D eigenvalue weighted by atomic mass is 32.3. The number of aliphatic hydroxyl groups excluding tert-OH is 12. The van der Waals surface area contributed by atoms with Gasteiger partial charge in [-0.2, -0.15) is 8.42 Å². The molecule has 0 aromatic heterocycles. The fraction of sp³-hybridized carbons (Fsp3) is 0.947. The van der Waals surface area contributed by atoms with Crippen LogP contribution in [0.4, 0.5) is 0 Å². The van der Waals surface area contributed by atoms with Crippen molar-refractivity contribution < 1.29 is 136 Å². The Labute approximate surface area is 500 Å². The van der Waals surface area contributed by atoms with Crippen molar-refractivity contribution in [3.63, 3.8) is 0 Å². The molecule has 29 heteroatoms. The first kappa shape index (κ1) is 68.7. The second kappa shape index (κ2) is 26.4. The number of carbonyl (C=O) groups is 1. The van der Waals surface area contributed by atoms with Crippen LogP contribution in [0.5, 0.6) is 0 Å². The molecular formula is C57H94O28S. The fourth-order valence-corrected chi connectivity index (χ4v) is 16.6. The number of aliphatic hydroxyl groups is 13. The van der Waals surface area contributed by atoms with Crippen molar-refractivity contribution in [1.82, 2.24) is 0 Å². The lowest BCUT2D eigenvalue weighted by Crippen LogP contribution is -2.68. The van der Waals surface area contributed by atoms with Crippen LogP contribution in [0.1, 0.15) is 120 Å². The summed E-state index contributed by atoms with van der Waals surface area (Å²) in [6.07, 6.45) is -38.7. The number of hydrogen-bond donors (Lipinski definition) is 14. The van der Waals surface area contributed by atoms with Crippen LogP contribution in [0.15, 0.2) is 11.6 Å². The van der Waals surface area contributed by atoms with Gasteiger partial charge in [-0.15, -0.1) is 0 Å². The van der Waals surface area contributed by atoms with Gasteiger partial charge in [0, 0.05) is 12.8 Å². The van der Waals surface area contributed by atoms with Gasteiger partial charge in [0.05, 0.1) is 48.8 Å². The molecule has 3 saturated carbocycles. The van der Waals surface area contributed by atoms with E-state index in [1.807, 2.05) is 13.8 Å². The molecule has 9 rings (SSSR count). The number of Topliss-reactive ketones (excluding diaryl/α,β-unsaturated/α-hetero) is 1. The summed E-state index contributed by atoms with van der Waals surface area (Å²) < 4.78 is 101. The van der Waals surface area contributed by atoms with E-state index in [0.717, 1.165) is 12.0 Å². The van der Waals surface area contributed by atoms with Crippen LogP contribution in [-0.2, 0) is 66.7 Å². The van der Waals surface area contributed by atoms with Crippen LogP contribution in [0.25, 0.3) is 0 Å². The molecule has 34 unspecified atom stereocenters. The van der Waals surface area contributed by atoms with Crippen molar-refractivity contribution in [2.24, 2.45) is 40.4 Å². The molecule has 9 aliphatic rings. The number of fused-ring (bicyclic) bond motifs is 5. The Morgan fingerprint density at radius 1 is 0.616 bits per heavy atom. The van der Waals surface area contributed by atoms with Gasteiger partial charge in [0.15, 0.2) is 31.5 Å². The second-order valence-corrected chi connectivity index (χ2v) is 28.1. The van der Waals surface area contributed by atoms with Crippen molar-refractivity contribution in [1.29, 1.82) is 0 Å². The van der Waals surface area contributed by atoms with Gasteiger partial charge in [0.1, 0.15) is 103 Å². The zero-order valence-electron chi connectivity index (χ0n) is 50.0. The molecule has 0 radical (unpaired) electrons. The van der Waals surface area contributed by atoms with E-state index >= 15 is 0 Å². The molecular weight excluding hydrogens is 1160 g/mol. The third-order valence-electron chi connectivity index (χ3n) is 20.6. The Balaban J connectivity index is 0.996. The standard InChI is InChI=1S/C57H94O28S/c1-21(2)16-26(59)19-57(9,71)34-11-10-29-28-18-32(31-17-27(85-86(72,73)74)12-14-55(31,7)30(28)13-15-56(29,34)8)79-52-45(70)47(37(62)24(5)77-52)82-53-49(84-51-43(68)40(65)36(61)23(4)76-51)44(69)46(25(6)78-53)81-54-48(41(66)38(63)33(20-58)80-54)83-50-42(67)39(64)35(60)22(3)75-50/h13,21-25,27-29,31-54,58,60-71H,10-12,14-20H2,1-9H3,(H,72,73,74). The Morgan fingerprint density at radius 2 is 1.14 bits per heavy atom. The summed E-state index contributed by atoms with van der Waals surface area (Å²) in [4.78, 5) is 13.2. The molecule has 8 fully saturated rings. The largest absolute Gasteiger partial charge is 0.397 e. The fourth-order valence-electron chi connectivity index (χ4n) is 16.0. The van der Waals surface area contributed by atoms with Gasteiger partial charge in [-0.1, -0.05) is 39.3 Å². The zero-order chi connectivity index (χ0) is 63.2. The number of allylic oxidation sites excluding steroid dienone is 2. The first-order valence-electron chi connectivity index (χ1n) is 30.3. The zero-order valence-corrected chi connectivity index (χ0v) is 50.8. The molecule has 86 heavy (non-hydrogen) atoms. The van der Waals surface area contributed by atoms with Crippen molar-refractivity contribution in [3.8, 4) is 0 Å². The van der Waals surface area contributed by atoms with E-state index in [4.69, 9.17) is 51.6 Å². The molecule has 0 aromatic rings. The summed E-state index contributed by atoms with van der Waals surface area (Å²) in [5.74, 6) is -0.812. The molecule has 496 valence electrons. The predicted molar refractivity (Wildman–Crippen MR) is 290 cm³/mol. The van der Waals surface area contributed by atoms with Crippen LogP contribution in [0.2, 0.25) is 0 Å². The minimum Gasteiger partial charge on any atom is -0.394 e. The third-order valence-corrected chi connectivity index (χ3v) is 21.1. The molecule has 0 spiro atoms. The first-order valence-corrected chi connectivity index (χ1v) is 31.7. The molecule has 14 N–H and O–H groups in total. The number of hydrogen-bond acceptors (Lipinski definition) is 27. The quantitative estimate of drug-likeness (QED) is 0.0507. The van der Waals surface area contributed by atoms with Crippen molar-refractivity contribution in [2.75, 3.05) is 6.61 Å². The van der Waals surface area contributed by atoms with Crippen LogP contribution in [0.3, 0.4) is 0 Å². The number of carbonyl (C=O) groups excluding carboxylic acids is 1. The number of ether oxygens (including phenoxy) is 10. The average molecular weight is 1260 g/mol. The Morgan fingerprint density at radius 3 is 1.71 bits per heavy atom. The molecule has 0 bridgehead atoms. The molecule has 34 atom stereocenters. The average Bonchev–Trinajstić information content (AvgIpc) is 1.34. The highest BCUT2D eigenvalue weighted by molar-refractivity contribution is 7.80. The maximum absolute atomic E-state index is 13.2. The van der Waals surface area contributed by atoms with Gasteiger partial charge in [-0.3, -0.25) is 9.35 Å². The molecule has 28 nitrogen and oxygen atoms in total. The van der Waals surface area contributed by atoms with E-state index in [1.54, 1.807) is 6.92 Å². The van der Waals surface area contributed by atoms with E-state index in [1.165, 1.54) is 27.7 Å². The number of rotatable bonds is 18. The summed E-state index contributed by atoms with van der Waals surface area (Å²) in [6, 6.07) is 0. The normalized spacial score (nSPS) is 51.7. The lowest BCUT2D eigenvalue weighted by atomic mass is 9.47. The molecule has 4 aliphatic carbocycles. The minimum absolute atomic E-state index is 0.00741. The van der Waals surface area contributed by atoms with E-state index in [0.29, 0.717) is 32.1 Å². The third kappa shape index (κ3) is 13.4. The second-order valence-electron chi connectivity index (χ2n) is 27.1. The van der Waals surface area contributed by atoms with Crippen LogP contribution >= 0.6 is 0 Å². The Hall–Kier alpha value is -1.64. The van der Waals surface area contributed by atoms with Gasteiger partial charge in [0.25, 0.3) is 0 Å². The van der Waals surface area contributed by atoms with Crippen LogP contribution in [0, 0.1) is 40.4 Å². The molecule has 0 aromatic carbocycles. The van der Waals surface area contributed by atoms with E-state index in [2.05, 4.69) is 19.9 Å². The molecule has 5 saturated heterocycles. The van der Waals surface area contributed by atoms with Crippen LogP contribution < -0.4 is 0 Å². The van der Waals surface area contributed by atoms with Gasteiger partial charge >= 0.3 is 10.4 Å². The molecule has 5 heterocycles. The monoisotopic (exact) mass is 1260 g/mol. The van der Waals surface area contributed by atoms with E-state index in [9.17, 15) is 84.1 Å². The van der Waals surface area contributed by atoms with Gasteiger partial charge in [-0.25, -0.2) is 4.18 Å². The first-order chi connectivity index (χ1) is 40.1. The summed E-state index contributed by atoms with van der Waals surface area (Å²) >= 11 is 0. The van der Waals surface area contributed by atoms with Crippen molar-refractivity contribution in [3.05, 3.63) is 11.6 Å². The highest BCUT2D eigenvalue weighted by Gasteiger charge is 2.64. The minimum atomic E-state index is -4.89. The summed E-state index contributed by atoms with van der Waals surface area (Å²) in [5, 5.41) is 146. The number of ketones is 1. The summed E-state index contributed by atoms with van der Waals surface area (Å²) in [7, 11) is -4.89. The maximum atomic E-state index is 13.2.